The highest BCUT2D eigenvalue weighted by Crippen LogP contribution is 2.39. The van der Waals surface area contributed by atoms with E-state index in [-0.39, 0.29) is 24.3 Å². The van der Waals surface area contributed by atoms with Crippen molar-refractivity contribution in [3.63, 3.8) is 0 Å². The SMILES string of the molecule is CCOC(=O)Cc1csc(NC(=O)CN2CCc3sccc3C2c2cccs2)n1. The summed E-state index contributed by atoms with van der Waals surface area (Å²) in [4.78, 5) is 33.5. The predicted octanol–water partition coefficient (Wildman–Crippen LogP) is 3.96. The number of nitrogens with one attached hydrogen (secondary N) is 1. The summed E-state index contributed by atoms with van der Waals surface area (Å²) < 4.78 is 4.94. The summed E-state index contributed by atoms with van der Waals surface area (Å²) in [7, 11) is 0. The zero-order valence-corrected chi connectivity index (χ0v) is 18.4. The van der Waals surface area contributed by atoms with Crippen LogP contribution in [0.15, 0.2) is 34.3 Å². The number of esters is 1. The molecule has 6 nitrogen and oxygen atoms in total. The molecular weight excluding hydrogens is 426 g/mol. The van der Waals surface area contributed by atoms with Crippen molar-refractivity contribution in [1.29, 1.82) is 0 Å². The highest BCUT2D eigenvalue weighted by molar-refractivity contribution is 7.14. The minimum Gasteiger partial charge on any atom is -0.466 e. The van der Waals surface area contributed by atoms with Gasteiger partial charge >= 0.3 is 5.97 Å². The van der Waals surface area contributed by atoms with Gasteiger partial charge in [0.2, 0.25) is 5.91 Å². The molecule has 1 N–H and O–H groups in total. The molecule has 1 amide bonds. The van der Waals surface area contributed by atoms with Crippen molar-refractivity contribution in [2.75, 3.05) is 25.0 Å². The first-order valence-electron chi connectivity index (χ1n) is 9.37. The molecule has 1 unspecified atom stereocenters. The summed E-state index contributed by atoms with van der Waals surface area (Å²) in [5.74, 6) is -0.406. The Morgan fingerprint density at radius 1 is 1.28 bits per heavy atom. The third-order valence-corrected chi connectivity index (χ3v) is 7.38. The van der Waals surface area contributed by atoms with Gasteiger partial charge in [0.25, 0.3) is 0 Å². The van der Waals surface area contributed by atoms with E-state index in [2.05, 4.69) is 44.2 Å². The molecule has 1 aliphatic heterocycles. The highest BCUT2D eigenvalue weighted by atomic mass is 32.1. The van der Waals surface area contributed by atoms with Crippen LogP contribution in [-0.2, 0) is 27.2 Å². The number of thiophene rings is 2. The van der Waals surface area contributed by atoms with Gasteiger partial charge in [-0.05, 0) is 41.8 Å². The van der Waals surface area contributed by atoms with Gasteiger partial charge in [0.1, 0.15) is 0 Å². The molecule has 1 aliphatic rings. The molecule has 4 rings (SSSR count). The lowest BCUT2D eigenvalue weighted by molar-refractivity contribution is -0.142. The second kappa shape index (κ2) is 9.17. The van der Waals surface area contributed by atoms with Crippen molar-refractivity contribution >= 4 is 51.0 Å². The van der Waals surface area contributed by atoms with Gasteiger partial charge in [0.15, 0.2) is 5.13 Å². The van der Waals surface area contributed by atoms with Crippen LogP contribution in [-0.4, -0.2) is 41.5 Å². The summed E-state index contributed by atoms with van der Waals surface area (Å²) in [6.07, 6.45) is 1.08. The van der Waals surface area contributed by atoms with Gasteiger partial charge in [0.05, 0.1) is 31.3 Å². The maximum Gasteiger partial charge on any atom is 0.311 e. The van der Waals surface area contributed by atoms with Crippen LogP contribution in [0.3, 0.4) is 0 Å². The molecule has 0 saturated carbocycles. The number of nitrogens with zero attached hydrogens (tertiary/aromatic N) is 2. The van der Waals surface area contributed by atoms with E-state index in [9.17, 15) is 9.59 Å². The molecular formula is C20H21N3O3S3. The number of thiazole rings is 1. The lowest BCUT2D eigenvalue weighted by Crippen LogP contribution is -2.40. The Hall–Kier alpha value is -2.07. The number of hydrogen-bond donors (Lipinski definition) is 1. The topological polar surface area (TPSA) is 71.5 Å². The van der Waals surface area contributed by atoms with Crippen LogP contribution in [0.2, 0.25) is 0 Å². The quantitative estimate of drug-likeness (QED) is 0.555. The molecule has 0 aromatic carbocycles. The fourth-order valence-electron chi connectivity index (χ4n) is 3.47. The number of hydrogen-bond acceptors (Lipinski definition) is 8. The summed E-state index contributed by atoms with van der Waals surface area (Å²) >= 11 is 4.84. The van der Waals surface area contributed by atoms with Crippen LogP contribution in [0.5, 0.6) is 0 Å². The molecule has 0 aliphatic carbocycles. The smallest absolute Gasteiger partial charge is 0.311 e. The minimum atomic E-state index is -0.311. The van der Waals surface area contributed by atoms with Crippen LogP contribution in [0.4, 0.5) is 5.13 Å². The van der Waals surface area contributed by atoms with Crippen molar-refractivity contribution < 1.29 is 14.3 Å². The summed E-state index contributed by atoms with van der Waals surface area (Å²) in [6.45, 7) is 3.26. The van der Waals surface area contributed by atoms with Crippen LogP contribution in [0.25, 0.3) is 0 Å². The predicted molar refractivity (Wildman–Crippen MR) is 117 cm³/mol. The molecule has 0 fully saturated rings. The summed E-state index contributed by atoms with van der Waals surface area (Å²) in [5.41, 5.74) is 1.92. The Kier molecular flexibility index (Phi) is 6.39. The van der Waals surface area contributed by atoms with Gasteiger partial charge < -0.3 is 10.1 Å². The molecule has 0 spiro atoms. The fraction of sp³-hybridized carbons (Fsp3) is 0.350. The fourth-order valence-corrected chi connectivity index (χ4v) is 5.97. The highest BCUT2D eigenvalue weighted by Gasteiger charge is 2.31. The third-order valence-electron chi connectivity index (χ3n) is 4.65. The number of carbonyl (C=O) groups excluding carboxylic acids is 2. The van der Waals surface area contributed by atoms with E-state index in [0.29, 0.717) is 24.0 Å². The lowest BCUT2D eigenvalue weighted by atomic mass is 9.98. The molecule has 9 heteroatoms. The van der Waals surface area contributed by atoms with E-state index < -0.39 is 0 Å². The number of anilines is 1. The number of ether oxygens (including phenoxy) is 1. The largest absolute Gasteiger partial charge is 0.466 e. The van der Waals surface area contributed by atoms with Gasteiger partial charge in [-0.1, -0.05) is 6.07 Å². The third kappa shape index (κ3) is 4.75. The average molecular weight is 448 g/mol. The molecule has 4 heterocycles. The maximum atomic E-state index is 12.7. The van der Waals surface area contributed by atoms with Crippen LogP contribution in [0.1, 0.15) is 34.0 Å². The van der Waals surface area contributed by atoms with Gasteiger partial charge in [-0.3, -0.25) is 14.5 Å². The first-order valence-corrected chi connectivity index (χ1v) is 12.0. The summed E-state index contributed by atoms with van der Waals surface area (Å²) in [5, 5.41) is 9.38. The van der Waals surface area contributed by atoms with Crippen molar-refractivity contribution in [3.05, 3.63) is 55.4 Å². The zero-order valence-electron chi connectivity index (χ0n) is 15.9. The zero-order chi connectivity index (χ0) is 20.2. The second-order valence-corrected chi connectivity index (χ2v) is 9.45. The number of fused-ring (bicyclic) bond motifs is 1. The van der Waals surface area contributed by atoms with E-state index in [1.807, 2.05) is 0 Å². The normalized spacial score (nSPS) is 16.4. The molecule has 152 valence electrons. The standard InChI is InChI=1S/C20H21N3O3S3/c1-2-26-18(25)10-13-12-29-20(21-13)22-17(24)11-23-7-5-15-14(6-9-28-15)19(23)16-4-3-8-27-16/h3-4,6,8-9,12,19H,2,5,7,10-11H2,1H3,(H,21,22,24). The number of carbonyl (C=O) groups is 2. The van der Waals surface area contributed by atoms with Crippen molar-refractivity contribution in [1.82, 2.24) is 9.88 Å². The Morgan fingerprint density at radius 2 is 2.17 bits per heavy atom. The van der Waals surface area contributed by atoms with Gasteiger partial charge in [-0.25, -0.2) is 4.98 Å². The summed E-state index contributed by atoms with van der Waals surface area (Å²) in [6, 6.07) is 6.48. The molecule has 29 heavy (non-hydrogen) atoms. The van der Waals surface area contributed by atoms with Crippen molar-refractivity contribution in [2.24, 2.45) is 0 Å². The first kappa shape index (κ1) is 20.2. The number of amides is 1. The molecule has 0 radical (unpaired) electrons. The van der Waals surface area contributed by atoms with Crippen LogP contribution < -0.4 is 5.32 Å². The van der Waals surface area contributed by atoms with E-state index >= 15 is 0 Å². The maximum absolute atomic E-state index is 12.7. The Morgan fingerprint density at radius 3 is 2.97 bits per heavy atom. The molecule has 3 aromatic rings. The molecule has 3 aromatic heterocycles. The Labute approximate surface area is 181 Å². The second-order valence-electron chi connectivity index (χ2n) is 6.61. The first-order chi connectivity index (χ1) is 14.1. The number of aromatic nitrogens is 1. The van der Waals surface area contributed by atoms with E-state index in [4.69, 9.17) is 4.74 Å². The molecule has 0 saturated heterocycles. The van der Waals surface area contributed by atoms with E-state index in [1.54, 1.807) is 35.0 Å². The van der Waals surface area contributed by atoms with Crippen LogP contribution in [0, 0.1) is 0 Å². The lowest BCUT2D eigenvalue weighted by Gasteiger charge is -2.34. The van der Waals surface area contributed by atoms with E-state index in [1.165, 1.54) is 26.7 Å². The van der Waals surface area contributed by atoms with Crippen LogP contribution >= 0.6 is 34.0 Å². The van der Waals surface area contributed by atoms with E-state index in [0.717, 1.165) is 13.0 Å². The molecule has 0 bridgehead atoms. The Balaban J connectivity index is 1.42. The monoisotopic (exact) mass is 447 g/mol. The number of rotatable bonds is 7. The van der Waals surface area contributed by atoms with Gasteiger partial charge in [0, 0.05) is 21.7 Å². The Bertz CT molecular complexity index is 980. The average Bonchev–Trinajstić information content (AvgIpc) is 3.43. The molecule has 1 atom stereocenters. The van der Waals surface area contributed by atoms with Crippen molar-refractivity contribution in [3.8, 4) is 0 Å². The minimum absolute atomic E-state index is 0.0951. The van der Waals surface area contributed by atoms with Crippen molar-refractivity contribution in [2.45, 2.75) is 25.8 Å². The van der Waals surface area contributed by atoms with Gasteiger partial charge in [-0.15, -0.1) is 34.0 Å². The van der Waals surface area contributed by atoms with Gasteiger partial charge in [-0.2, -0.15) is 0 Å².